The molecule has 0 aliphatic carbocycles. The van der Waals surface area contributed by atoms with Gasteiger partial charge in [-0.25, -0.2) is 0 Å². The molecule has 0 unspecified atom stereocenters. The third-order valence-electron chi connectivity index (χ3n) is 2.19. The monoisotopic (exact) mass is 155 g/mol. The third kappa shape index (κ3) is 3.02. The number of nitrogens with zero attached hydrogens (tertiary/aromatic N) is 1. The molecule has 1 aliphatic heterocycles. The summed E-state index contributed by atoms with van der Waals surface area (Å²) in [6.45, 7) is 6.80. The summed E-state index contributed by atoms with van der Waals surface area (Å²) in [5.41, 5.74) is 0. The second-order valence-corrected chi connectivity index (χ2v) is 3.68. The van der Waals surface area contributed by atoms with Crippen molar-refractivity contribution in [1.82, 2.24) is 4.90 Å². The molecule has 0 bridgehead atoms. The highest BCUT2D eigenvalue weighted by Gasteiger charge is 2.16. The summed E-state index contributed by atoms with van der Waals surface area (Å²) in [6.07, 6.45) is 2.59. The molecule has 0 aromatic heterocycles. The van der Waals surface area contributed by atoms with Crippen LogP contribution in [0.3, 0.4) is 0 Å². The fraction of sp³-hybridized carbons (Fsp3) is 0.889. The largest absolute Gasteiger partial charge is 0.299 e. The Bertz CT molecular complexity index is 144. The average Bonchev–Trinajstić information content (AvgIpc) is 1.85. The number of carbonyl (C=O) groups is 1. The van der Waals surface area contributed by atoms with Crippen LogP contribution in [-0.2, 0) is 4.79 Å². The molecule has 0 aromatic rings. The molecule has 0 N–H and O–H groups in total. The van der Waals surface area contributed by atoms with E-state index in [0.29, 0.717) is 12.3 Å². The van der Waals surface area contributed by atoms with E-state index in [0.717, 1.165) is 19.0 Å². The highest BCUT2D eigenvalue weighted by atomic mass is 16.1. The van der Waals surface area contributed by atoms with Crippen molar-refractivity contribution in [3.05, 3.63) is 0 Å². The van der Waals surface area contributed by atoms with Crippen LogP contribution < -0.4 is 0 Å². The fourth-order valence-corrected chi connectivity index (χ4v) is 1.75. The summed E-state index contributed by atoms with van der Waals surface area (Å²) >= 11 is 0. The predicted octanol–water partition coefficient (Wildman–Crippen LogP) is 1.31. The number of piperidine rings is 1. The first kappa shape index (κ1) is 8.72. The van der Waals surface area contributed by atoms with Gasteiger partial charge in [0.1, 0.15) is 5.78 Å². The quantitative estimate of drug-likeness (QED) is 0.599. The summed E-state index contributed by atoms with van der Waals surface area (Å²) < 4.78 is 0. The molecular weight excluding hydrogens is 138 g/mol. The summed E-state index contributed by atoms with van der Waals surface area (Å²) in [5, 5.41) is 0. The van der Waals surface area contributed by atoms with Crippen molar-refractivity contribution in [2.75, 3.05) is 19.6 Å². The number of ketones is 1. The van der Waals surface area contributed by atoms with E-state index in [2.05, 4.69) is 11.8 Å². The molecule has 0 spiro atoms. The van der Waals surface area contributed by atoms with Crippen molar-refractivity contribution in [3.63, 3.8) is 0 Å². The normalized spacial score (nSPS) is 26.9. The van der Waals surface area contributed by atoms with Gasteiger partial charge in [-0.2, -0.15) is 0 Å². The summed E-state index contributed by atoms with van der Waals surface area (Å²) in [6, 6.07) is 0. The van der Waals surface area contributed by atoms with Crippen LogP contribution >= 0.6 is 0 Å². The number of hydrogen-bond acceptors (Lipinski definition) is 2. The zero-order valence-electron chi connectivity index (χ0n) is 7.47. The lowest BCUT2D eigenvalue weighted by atomic mass is 10.0. The Labute approximate surface area is 68.6 Å². The van der Waals surface area contributed by atoms with Crippen LogP contribution in [-0.4, -0.2) is 30.3 Å². The molecule has 1 aliphatic rings. The maximum atomic E-state index is 10.8. The highest BCUT2D eigenvalue weighted by Crippen LogP contribution is 2.14. The molecular formula is C9H17NO. The third-order valence-corrected chi connectivity index (χ3v) is 2.19. The molecule has 0 aromatic carbocycles. The van der Waals surface area contributed by atoms with E-state index >= 15 is 0 Å². The Balaban J connectivity index is 2.28. The Morgan fingerprint density at radius 1 is 1.64 bits per heavy atom. The van der Waals surface area contributed by atoms with Crippen molar-refractivity contribution >= 4 is 5.78 Å². The first-order valence-electron chi connectivity index (χ1n) is 4.40. The van der Waals surface area contributed by atoms with E-state index < -0.39 is 0 Å². The molecule has 11 heavy (non-hydrogen) atoms. The minimum Gasteiger partial charge on any atom is -0.299 e. The zero-order chi connectivity index (χ0) is 8.27. The van der Waals surface area contributed by atoms with Crippen LogP contribution in [0.4, 0.5) is 0 Å². The second-order valence-electron chi connectivity index (χ2n) is 3.68. The minimum absolute atomic E-state index is 0.291. The number of Topliss-reactive ketones (excluding diaryl/α,β-unsaturated/α-hetero) is 1. The van der Waals surface area contributed by atoms with Crippen LogP contribution in [0.15, 0.2) is 0 Å². The van der Waals surface area contributed by atoms with Gasteiger partial charge in [-0.3, -0.25) is 9.69 Å². The van der Waals surface area contributed by atoms with Gasteiger partial charge >= 0.3 is 0 Å². The maximum absolute atomic E-state index is 10.8. The van der Waals surface area contributed by atoms with Crippen molar-refractivity contribution in [2.24, 2.45) is 5.92 Å². The van der Waals surface area contributed by atoms with E-state index in [4.69, 9.17) is 0 Å². The lowest BCUT2D eigenvalue weighted by molar-refractivity contribution is -0.118. The number of likely N-dealkylation sites (tertiary alicyclic amines) is 1. The second kappa shape index (κ2) is 3.86. The lowest BCUT2D eigenvalue weighted by Gasteiger charge is -2.29. The fourth-order valence-electron chi connectivity index (χ4n) is 1.75. The maximum Gasteiger partial charge on any atom is 0.143 e. The zero-order valence-corrected chi connectivity index (χ0v) is 7.47. The Hall–Kier alpha value is -0.370. The van der Waals surface area contributed by atoms with Gasteiger partial charge in [-0.05, 0) is 32.2 Å². The molecule has 1 saturated heterocycles. The van der Waals surface area contributed by atoms with Crippen LogP contribution in [0.1, 0.15) is 26.7 Å². The van der Waals surface area contributed by atoms with Gasteiger partial charge in [0.2, 0.25) is 0 Å². The van der Waals surface area contributed by atoms with Gasteiger partial charge in [-0.15, -0.1) is 0 Å². The SMILES string of the molecule is CC(=O)CN1CCC[C@@H](C)C1. The topological polar surface area (TPSA) is 20.3 Å². The Morgan fingerprint density at radius 3 is 2.91 bits per heavy atom. The van der Waals surface area contributed by atoms with Crippen LogP contribution in [0.5, 0.6) is 0 Å². The molecule has 0 saturated carbocycles. The van der Waals surface area contributed by atoms with Crippen LogP contribution in [0.2, 0.25) is 0 Å². The smallest absolute Gasteiger partial charge is 0.143 e. The number of hydrogen-bond donors (Lipinski definition) is 0. The molecule has 2 nitrogen and oxygen atoms in total. The van der Waals surface area contributed by atoms with Gasteiger partial charge in [-0.1, -0.05) is 6.92 Å². The van der Waals surface area contributed by atoms with Gasteiger partial charge in [0.15, 0.2) is 0 Å². The van der Waals surface area contributed by atoms with E-state index in [-0.39, 0.29) is 0 Å². The predicted molar refractivity (Wildman–Crippen MR) is 45.5 cm³/mol. The van der Waals surface area contributed by atoms with Crippen molar-refractivity contribution in [3.8, 4) is 0 Å². The standard InChI is InChI=1S/C9H17NO/c1-8-4-3-5-10(6-8)7-9(2)11/h8H,3-7H2,1-2H3/t8-/m1/s1. The van der Waals surface area contributed by atoms with Crippen LogP contribution in [0, 0.1) is 5.92 Å². The Morgan fingerprint density at radius 2 is 2.36 bits per heavy atom. The molecule has 1 atom stereocenters. The van der Waals surface area contributed by atoms with E-state index in [1.165, 1.54) is 12.8 Å². The lowest BCUT2D eigenvalue weighted by Crippen LogP contribution is -2.37. The minimum atomic E-state index is 0.291. The van der Waals surface area contributed by atoms with E-state index in [1.807, 2.05) is 0 Å². The number of rotatable bonds is 2. The molecule has 64 valence electrons. The average molecular weight is 155 g/mol. The summed E-state index contributed by atoms with van der Waals surface area (Å²) in [4.78, 5) is 13.0. The van der Waals surface area contributed by atoms with Gasteiger partial charge in [0, 0.05) is 6.54 Å². The molecule has 1 fully saturated rings. The van der Waals surface area contributed by atoms with Gasteiger partial charge < -0.3 is 0 Å². The first-order valence-corrected chi connectivity index (χ1v) is 4.40. The molecule has 0 radical (unpaired) electrons. The summed E-state index contributed by atoms with van der Waals surface area (Å²) in [7, 11) is 0. The molecule has 2 heteroatoms. The van der Waals surface area contributed by atoms with Gasteiger partial charge in [0.05, 0.1) is 6.54 Å². The number of carbonyl (C=O) groups excluding carboxylic acids is 1. The molecule has 1 rings (SSSR count). The molecule has 0 amide bonds. The van der Waals surface area contributed by atoms with Crippen molar-refractivity contribution in [2.45, 2.75) is 26.7 Å². The van der Waals surface area contributed by atoms with Crippen LogP contribution in [0.25, 0.3) is 0 Å². The highest BCUT2D eigenvalue weighted by molar-refractivity contribution is 5.77. The Kier molecular flexibility index (Phi) is 3.06. The summed E-state index contributed by atoms with van der Waals surface area (Å²) in [5.74, 6) is 1.07. The van der Waals surface area contributed by atoms with E-state index in [1.54, 1.807) is 6.92 Å². The molecule has 1 heterocycles. The van der Waals surface area contributed by atoms with Crippen molar-refractivity contribution < 1.29 is 4.79 Å². The van der Waals surface area contributed by atoms with Crippen molar-refractivity contribution in [1.29, 1.82) is 0 Å². The van der Waals surface area contributed by atoms with Gasteiger partial charge in [0.25, 0.3) is 0 Å². The first-order chi connectivity index (χ1) is 5.18. The van der Waals surface area contributed by atoms with E-state index in [9.17, 15) is 4.79 Å².